The van der Waals surface area contributed by atoms with Gasteiger partial charge in [-0.15, -0.1) is 0 Å². The third kappa shape index (κ3) is 6.42. The maximum absolute atomic E-state index is 15.4. The second-order valence-corrected chi connectivity index (χ2v) is 10.1. The Hall–Kier alpha value is -5.01. The van der Waals surface area contributed by atoms with Crippen LogP contribution in [-0.2, 0) is 4.74 Å². The number of nitriles is 1. The number of benzene rings is 1. The Morgan fingerprint density at radius 1 is 1.02 bits per heavy atom. The number of anilines is 3. The van der Waals surface area contributed by atoms with E-state index in [1.807, 2.05) is 19.1 Å². The molecule has 1 aliphatic heterocycles. The van der Waals surface area contributed by atoms with E-state index in [1.165, 1.54) is 18.7 Å². The van der Waals surface area contributed by atoms with Gasteiger partial charge in [0.25, 0.3) is 0 Å². The number of nitrogens with one attached hydrogen (secondary N) is 1. The summed E-state index contributed by atoms with van der Waals surface area (Å²) in [6, 6.07) is 13.2. The van der Waals surface area contributed by atoms with Crippen LogP contribution in [0.2, 0.25) is 0 Å². The zero-order valence-corrected chi connectivity index (χ0v) is 24.2. The van der Waals surface area contributed by atoms with Crippen molar-refractivity contribution < 1.29 is 13.5 Å². The standard InChI is InChI=1S/C30H23F2N7O.C3H8/c1-18-29(24-4-2-3-5-35-24)38-26-12-21(31)11-23(32)28(26)30(18)37-25-13-27(39-6-8-40-9-7-39)36-17-22(25)20-10-19(14-33)15-34-16-20;1-3-2/h2-5,10-13,15-17H,6-9H2,1H3,(H,36,37,38);3H2,1-2H3. The number of hydrogen-bond acceptors (Lipinski definition) is 8. The van der Waals surface area contributed by atoms with Gasteiger partial charge in [-0.1, -0.05) is 26.3 Å². The predicted molar refractivity (Wildman–Crippen MR) is 164 cm³/mol. The van der Waals surface area contributed by atoms with Crippen LogP contribution >= 0.6 is 0 Å². The number of aromatic nitrogens is 4. The summed E-state index contributed by atoms with van der Waals surface area (Å²) < 4.78 is 35.2. The molecule has 1 N–H and O–H groups in total. The number of ether oxygens (including phenoxy) is 1. The van der Waals surface area contributed by atoms with Crippen LogP contribution < -0.4 is 10.2 Å². The van der Waals surface area contributed by atoms with E-state index in [9.17, 15) is 9.65 Å². The molecule has 10 heteroatoms. The van der Waals surface area contributed by atoms with E-state index in [4.69, 9.17) is 4.74 Å². The molecule has 0 amide bonds. The van der Waals surface area contributed by atoms with Crippen molar-refractivity contribution in [1.29, 1.82) is 5.26 Å². The van der Waals surface area contributed by atoms with Gasteiger partial charge in [-0.05, 0) is 25.1 Å². The van der Waals surface area contributed by atoms with Gasteiger partial charge < -0.3 is 15.0 Å². The molecule has 0 unspecified atom stereocenters. The van der Waals surface area contributed by atoms with Crippen LogP contribution in [0.1, 0.15) is 31.4 Å². The van der Waals surface area contributed by atoms with Crippen LogP contribution in [0.25, 0.3) is 33.4 Å². The highest BCUT2D eigenvalue weighted by atomic mass is 19.1. The van der Waals surface area contributed by atoms with Crippen molar-refractivity contribution >= 4 is 28.1 Å². The summed E-state index contributed by atoms with van der Waals surface area (Å²) >= 11 is 0. The predicted octanol–water partition coefficient (Wildman–Crippen LogP) is 7.21. The van der Waals surface area contributed by atoms with Gasteiger partial charge >= 0.3 is 0 Å². The quantitative estimate of drug-likeness (QED) is 0.233. The number of morpholine rings is 1. The fourth-order valence-corrected chi connectivity index (χ4v) is 4.84. The molecule has 1 saturated heterocycles. The number of nitrogens with zero attached hydrogens (tertiary/aromatic N) is 6. The van der Waals surface area contributed by atoms with Crippen molar-refractivity contribution in [2.24, 2.45) is 0 Å². The van der Waals surface area contributed by atoms with Gasteiger partial charge in [0.15, 0.2) is 0 Å². The van der Waals surface area contributed by atoms with Crippen molar-refractivity contribution in [1.82, 2.24) is 19.9 Å². The number of hydrogen-bond donors (Lipinski definition) is 1. The van der Waals surface area contributed by atoms with E-state index < -0.39 is 11.6 Å². The van der Waals surface area contributed by atoms with E-state index in [0.29, 0.717) is 77.1 Å². The molecular formula is C33H31F2N7O. The summed E-state index contributed by atoms with van der Waals surface area (Å²) in [4.78, 5) is 20.0. The first kappa shape index (κ1) is 29.5. The van der Waals surface area contributed by atoms with Crippen LogP contribution in [0, 0.1) is 29.9 Å². The van der Waals surface area contributed by atoms with Gasteiger partial charge in [0, 0.05) is 72.8 Å². The summed E-state index contributed by atoms with van der Waals surface area (Å²) in [6.07, 6.45) is 7.73. The molecule has 0 aliphatic carbocycles. The molecule has 8 nitrogen and oxygen atoms in total. The Balaban J connectivity index is 0.00000118. The highest BCUT2D eigenvalue weighted by molar-refractivity contribution is 5.99. The molecule has 0 bridgehead atoms. The maximum Gasteiger partial charge on any atom is 0.137 e. The fourth-order valence-electron chi connectivity index (χ4n) is 4.84. The minimum absolute atomic E-state index is 0.151. The van der Waals surface area contributed by atoms with E-state index >= 15 is 4.39 Å². The molecular weight excluding hydrogens is 548 g/mol. The third-order valence-corrected chi connectivity index (χ3v) is 6.82. The van der Waals surface area contributed by atoms with Gasteiger partial charge in [-0.3, -0.25) is 9.97 Å². The fraction of sp³-hybridized carbons (Fsp3) is 0.242. The normalized spacial score (nSPS) is 12.8. The van der Waals surface area contributed by atoms with Crippen molar-refractivity contribution in [3.8, 4) is 28.6 Å². The van der Waals surface area contributed by atoms with E-state index in [-0.39, 0.29) is 10.9 Å². The van der Waals surface area contributed by atoms with Crippen molar-refractivity contribution in [3.63, 3.8) is 0 Å². The molecule has 0 atom stereocenters. The lowest BCUT2D eigenvalue weighted by atomic mass is 10.0. The average molecular weight is 580 g/mol. The molecule has 0 radical (unpaired) electrons. The lowest BCUT2D eigenvalue weighted by Gasteiger charge is -2.28. The zero-order valence-electron chi connectivity index (χ0n) is 24.2. The molecule has 0 saturated carbocycles. The summed E-state index contributed by atoms with van der Waals surface area (Å²) in [6.45, 7) is 8.58. The lowest BCUT2D eigenvalue weighted by molar-refractivity contribution is 0.122. The largest absolute Gasteiger partial charge is 0.378 e. The van der Waals surface area contributed by atoms with Gasteiger partial charge in [-0.2, -0.15) is 5.26 Å². The SMILES string of the molecule is CCC.Cc1c(-c2ccccn2)nc2cc(F)cc(F)c2c1Nc1cc(N2CCOCC2)ncc1-c1cncc(C#N)c1. The first-order valence-corrected chi connectivity index (χ1v) is 14.1. The molecule has 218 valence electrons. The van der Waals surface area contributed by atoms with Crippen LogP contribution in [0.3, 0.4) is 0 Å². The Bertz CT molecular complexity index is 1780. The summed E-state index contributed by atoms with van der Waals surface area (Å²) in [5, 5.41) is 13.0. The molecule has 5 heterocycles. The molecule has 1 aromatic carbocycles. The average Bonchev–Trinajstić information content (AvgIpc) is 3.03. The third-order valence-electron chi connectivity index (χ3n) is 6.82. The second kappa shape index (κ2) is 13.3. The lowest BCUT2D eigenvalue weighted by Crippen LogP contribution is -2.36. The number of fused-ring (bicyclic) bond motifs is 1. The van der Waals surface area contributed by atoms with Crippen molar-refractivity contribution in [3.05, 3.63) is 90.0 Å². The first-order chi connectivity index (χ1) is 20.9. The molecule has 43 heavy (non-hydrogen) atoms. The number of rotatable bonds is 5. The molecule has 6 rings (SSSR count). The second-order valence-electron chi connectivity index (χ2n) is 10.1. The van der Waals surface area contributed by atoms with Gasteiger partial charge in [0.2, 0.25) is 0 Å². The zero-order chi connectivity index (χ0) is 30.3. The number of halogens is 2. The maximum atomic E-state index is 15.4. The summed E-state index contributed by atoms with van der Waals surface area (Å²) in [7, 11) is 0. The molecule has 1 aliphatic rings. The first-order valence-electron chi connectivity index (χ1n) is 14.1. The van der Waals surface area contributed by atoms with E-state index in [1.54, 1.807) is 36.8 Å². The van der Waals surface area contributed by atoms with Gasteiger partial charge in [0.05, 0.1) is 52.4 Å². The topological polar surface area (TPSA) is 99.8 Å². The minimum atomic E-state index is -0.738. The van der Waals surface area contributed by atoms with Crippen LogP contribution in [0.4, 0.5) is 26.0 Å². The Morgan fingerprint density at radius 2 is 1.81 bits per heavy atom. The van der Waals surface area contributed by atoms with Gasteiger partial charge in [-0.25, -0.2) is 18.7 Å². The Kier molecular flexibility index (Phi) is 9.13. The van der Waals surface area contributed by atoms with E-state index in [0.717, 1.165) is 6.07 Å². The smallest absolute Gasteiger partial charge is 0.137 e. The van der Waals surface area contributed by atoms with Crippen LogP contribution in [0.5, 0.6) is 0 Å². The van der Waals surface area contributed by atoms with Gasteiger partial charge in [0.1, 0.15) is 23.5 Å². The summed E-state index contributed by atoms with van der Waals surface area (Å²) in [5.41, 5.74) is 4.61. The van der Waals surface area contributed by atoms with Crippen LogP contribution in [0.15, 0.2) is 67.3 Å². The molecule has 5 aromatic rings. The Labute approximate surface area is 249 Å². The van der Waals surface area contributed by atoms with E-state index in [2.05, 4.69) is 50.1 Å². The monoisotopic (exact) mass is 579 g/mol. The number of pyridine rings is 4. The highest BCUT2D eigenvalue weighted by Gasteiger charge is 2.21. The van der Waals surface area contributed by atoms with Crippen molar-refractivity contribution in [2.45, 2.75) is 27.2 Å². The highest BCUT2D eigenvalue weighted by Crippen LogP contribution is 2.39. The molecule has 4 aromatic heterocycles. The summed E-state index contributed by atoms with van der Waals surface area (Å²) in [5.74, 6) is -0.748. The minimum Gasteiger partial charge on any atom is -0.378 e. The molecule has 1 fully saturated rings. The van der Waals surface area contributed by atoms with Crippen LogP contribution in [-0.4, -0.2) is 46.2 Å². The van der Waals surface area contributed by atoms with Crippen molar-refractivity contribution in [2.75, 3.05) is 36.5 Å². The molecule has 0 spiro atoms. The Morgan fingerprint density at radius 3 is 2.53 bits per heavy atom.